The van der Waals surface area contributed by atoms with Crippen LogP contribution in [0, 0.1) is 0 Å². The first kappa shape index (κ1) is 21.3. The van der Waals surface area contributed by atoms with Gasteiger partial charge in [0.2, 0.25) is 0 Å². The third-order valence-electron chi connectivity index (χ3n) is 2.98. The van der Waals surface area contributed by atoms with Gasteiger partial charge in [0.05, 0.1) is 0 Å². The molecule has 0 aromatic rings. The monoisotopic (exact) mass is 479 g/mol. The molecule has 0 N–H and O–H groups in total. The van der Waals surface area contributed by atoms with E-state index < -0.39 is 18.8 Å². The van der Waals surface area contributed by atoms with Gasteiger partial charge in [0.15, 0.2) is 0 Å². The molecule has 0 radical (unpaired) electrons. The van der Waals surface area contributed by atoms with Gasteiger partial charge >= 0.3 is 112 Å². The molecule has 0 spiro atoms. The molecule has 0 aliphatic carbocycles. The van der Waals surface area contributed by atoms with Crippen LogP contribution in [0.25, 0.3) is 0 Å². The molecule has 110 valence electrons. The fraction of sp³-hybridized carbons (Fsp3) is 0.923. The number of quaternary nitrogens is 1. The van der Waals surface area contributed by atoms with Crippen LogP contribution in [0.4, 0.5) is 0 Å². The molecule has 0 aliphatic rings. The molecule has 0 aromatic heterocycles. The van der Waals surface area contributed by atoms with Crippen LogP contribution in [0.15, 0.2) is 0 Å². The quantitative estimate of drug-likeness (QED) is 0.280. The molecule has 0 aliphatic heterocycles. The van der Waals surface area contributed by atoms with Crippen molar-refractivity contribution in [2.45, 2.75) is 46.9 Å². The molecular formula is C13H30INO2Sn. The molecule has 1 atom stereocenters. The van der Waals surface area contributed by atoms with Crippen LogP contribution in [0.1, 0.15) is 33.1 Å². The second kappa shape index (κ2) is 9.80. The molecule has 18 heavy (non-hydrogen) atoms. The number of rotatable bonds is 8. The van der Waals surface area contributed by atoms with E-state index in [2.05, 4.69) is 33.0 Å². The number of hydrogen-bond donors (Lipinski definition) is 0. The van der Waals surface area contributed by atoms with Crippen molar-refractivity contribution in [3.05, 3.63) is 0 Å². The summed E-state index contributed by atoms with van der Waals surface area (Å²) in [5.74, 6) is -0.0651. The number of carbonyl (C=O) groups is 1. The summed E-state index contributed by atoms with van der Waals surface area (Å²) in [7, 11) is 6.64. The topological polar surface area (TPSA) is 26.3 Å². The summed E-state index contributed by atoms with van der Waals surface area (Å²) in [6.07, 6.45) is 3.60. The van der Waals surface area contributed by atoms with E-state index in [4.69, 9.17) is 3.07 Å². The van der Waals surface area contributed by atoms with Gasteiger partial charge in [-0.1, -0.05) is 0 Å². The summed E-state index contributed by atoms with van der Waals surface area (Å²) >= 11 is -2.57. The van der Waals surface area contributed by atoms with Gasteiger partial charge in [-0.3, -0.25) is 0 Å². The third-order valence-corrected chi connectivity index (χ3v) is 13.3. The Morgan fingerprint density at radius 3 is 2.06 bits per heavy atom. The van der Waals surface area contributed by atoms with Crippen molar-refractivity contribution >= 4 is 24.8 Å². The molecule has 1 unspecified atom stereocenters. The van der Waals surface area contributed by atoms with Crippen LogP contribution in [-0.4, -0.2) is 56.9 Å². The van der Waals surface area contributed by atoms with E-state index in [0.29, 0.717) is 0 Å². The van der Waals surface area contributed by atoms with Gasteiger partial charge in [0, 0.05) is 0 Å². The Morgan fingerprint density at radius 1 is 1.17 bits per heavy atom. The van der Waals surface area contributed by atoms with E-state index >= 15 is 0 Å². The van der Waals surface area contributed by atoms with Crippen LogP contribution >= 0.6 is 0 Å². The fourth-order valence-corrected chi connectivity index (χ4v) is 11.1. The zero-order valence-corrected chi connectivity index (χ0v) is 17.9. The molecule has 3 nitrogen and oxygen atoms in total. The van der Waals surface area contributed by atoms with Crippen LogP contribution in [0.2, 0.25) is 13.8 Å². The van der Waals surface area contributed by atoms with Gasteiger partial charge in [-0.25, -0.2) is 0 Å². The van der Waals surface area contributed by atoms with Gasteiger partial charge in [0.25, 0.3) is 0 Å². The first-order chi connectivity index (χ1) is 7.68. The third kappa shape index (κ3) is 12.0. The van der Waals surface area contributed by atoms with Crippen molar-refractivity contribution in [1.29, 1.82) is 0 Å². The second-order valence-corrected chi connectivity index (χ2v) is 18.0. The Bertz CT molecular complexity index is 244. The minimum absolute atomic E-state index is 0. The number of unbranched alkanes of at least 4 members (excludes halogenated alkanes) is 1. The van der Waals surface area contributed by atoms with Gasteiger partial charge in [-0.05, 0) is 0 Å². The molecule has 0 aromatic carbocycles. The fourth-order valence-electron chi connectivity index (χ4n) is 2.05. The normalized spacial score (nSPS) is 14.6. The van der Waals surface area contributed by atoms with Crippen molar-refractivity contribution < 1.29 is 36.3 Å². The Morgan fingerprint density at radius 2 is 1.67 bits per heavy atom. The van der Waals surface area contributed by atoms with E-state index in [1.54, 1.807) is 6.92 Å². The summed E-state index contributed by atoms with van der Waals surface area (Å²) in [5.41, 5.74) is 0. The van der Waals surface area contributed by atoms with Crippen LogP contribution in [-0.2, 0) is 7.87 Å². The zero-order chi connectivity index (χ0) is 13.5. The van der Waals surface area contributed by atoms with Crippen molar-refractivity contribution in [2.24, 2.45) is 0 Å². The Kier molecular flexibility index (Phi) is 11.6. The number of nitrogens with zero attached hydrogens (tertiary/aromatic N) is 1. The van der Waals surface area contributed by atoms with Gasteiger partial charge in [-0.2, -0.15) is 0 Å². The minimum atomic E-state index is -2.57. The summed E-state index contributed by atoms with van der Waals surface area (Å²) in [4.78, 5) is 13.5. The van der Waals surface area contributed by atoms with Gasteiger partial charge in [-0.15, -0.1) is 0 Å². The molecular weight excluding hydrogens is 448 g/mol. The average molecular weight is 478 g/mol. The average Bonchev–Trinajstić information content (AvgIpc) is 2.11. The van der Waals surface area contributed by atoms with Crippen molar-refractivity contribution in [1.82, 2.24) is 0 Å². The van der Waals surface area contributed by atoms with Crippen LogP contribution < -0.4 is 24.0 Å². The predicted octanol–water partition coefficient (Wildman–Crippen LogP) is 0.0252. The maximum Gasteiger partial charge on any atom is -1.00 e. The van der Waals surface area contributed by atoms with E-state index in [-0.39, 0.29) is 29.9 Å². The van der Waals surface area contributed by atoms with E-state index in [0.717, 1.165) is 4.48 Å². The first-order valence-electron chi connectivity index (χ1n) is 6.68. The van der Waals surface area contributed by atoms with Crippen LogP contribution in [0.3, 0.4) is 0 Å². The molecule has 5 heteroatoms. The molecule has 0 fully saturated rings. The molecule has 0 rings (SSSR count). The van der Waals surface area contributed by atoms with E-state index in [1.807, 2.05) is 0 Å². The van der Waals surface area contributed by atoms with Gasteiger partial charge in [0.1, 0.15) is 0 Å². The number of hydrogen-bond acceptors (Lipinski definition) is 2. The molecule has 0 bridgehead atoms. The smallest absolute Gasteiger partial charge is 1.00 e. The molecule has 0 heterocycles. The second-order valence-electron chi connectivity index (χ2n) is 6.26. The predicted molar refractivity (Wildman–Crippen MR) is 75.4 cm³/mol. The minimum Gasteiger partial charge on any atom is -1.00 e. The maximum absolute atomic E-state index is 11.2. The Balaban J connectivity index is 0. The Labute approximate surface area is 135 Å². The summed E-state index contributed by atoms with van der Waals surface area (Å²) in [6.45, 7) is 4.92. The first-order valence-corrected chi connectivity index (χ1v) is 14.7. The number of carbonyl (C=O) groups excluding carboxylic acids is 1. The van der Waals surface area contributed by atoms with Crippen molar-refractivity contribution in [2.75, 3.05) is 27.7 Å². The SMILES string of the molecule is CCC[CH2][Sn]([CH3])([CH2]CC[N+](C)(C)C)[O]C(C)=O.[I-]. The van der Waals surface area contributed by atoms with Gasteiger partial charge < -0.3 is 24.0 Å². The summed E-state index contributed by atoms with van der Waals surface area (Å²) < 4.78 is 9.07. The summed E-state index contributed by atoms with van der Waals surface area (Å²) in [6, 6.07) is 0. The summed E-state index contributed by atoms with van der Waals surface area (Å²) in [5, 5.41) is 0. The van der Waals surface area contributed by atoms with Crippen molar-refractivity contribution in [3.8, 4) is 0 Å². The van der Waals surface area contributed by atoms with E-state index in [1.165, 1.54) is 34.7 Å². The molecule has 0 saturated carbocycles. The van der Waals surface area contributed by atoms with E-state index in [9.17, 15) is 4.79 Å². The zero-order valence-electron chi connectivity index (χ0n) is 12.9. The number of halogens is 1. The molecule has 0 saturated heterocycles. The standard InChI is InChI=1S/C6H15N.C4H9.C2H4O2.CH3.HI.Sn/c1-5-6-7(2,3)4;1-3-4-2;1-2(3)4;;;/h1,5-6H2,2-4H3;1,3-4H2,2H3;1H3,(H,3,4);1H3;1H;/q+1;;;;;+1/p-2. The Hall–Kier alpha value is 0.959. The molecule has 0 amide bonds. The van der Waals surface area contributed by atoms with Crippen molar-refractivity contribution in [3.63, 3.8) is 0 Å². The maximum atomic E-state index is 11.2. The largest absolute Gasteiger partial charge is 1.00 e. The van der Waals surface area contributed by atoms with Crippen LogP contribution in [0.5, 0.6) is 0 Å².